The van der Waals surface area contributed by atoms with Crippen LogP contribution < -0.4 is 9.62 Å². The van der Waals surface area contributed by atoms with Crippen LogP contribution in [0.5, 0.6) is 0 Å². The SMILES string of the molecule is CCNC(=O)[C@@H](CC)N(Cc1cccc(C)c1)C(=O)CN(c1ccccc1CC)S(=O)(=O)c1ccc(C)cc1. The zero-order chi connectivity index (χ0) is 28.6. The van der Waals surface area contributed by atoms with E-state index in [4.69, 9.17) is 0 Å². The minimum atomic E-state index is -4.09. The van der Waals surface area contributed by atoms with Crippen molar-refractivity contribution in [2.24, 2.45) is 0 Å². The second kappa shape index (κ2) is 13.4. The summed E-state index contributed by atoms with van der Waals surface area (Å²) in [5, 5.41) is 2.83. The topological polar surface area (TPSA) is 86.8 Å². The third-order valence-electron chi connectivity index (χ3n) is 6.70. The minimum Gasteiger partial charge on any atom is -0.355 e. The van der Waals surface area contributed by atoms with Crippen LogP contribution in [0.4, 0.5) is 5.69 Å². The highest BCUT2D eigenvalue weighted by molar-refractivity contribution is 7.92. The number of carbonyl (C=O) groups is 2. The first-order chi connectivity index (χ1) is 18.6. The number of amides is 2. The van der Waals surface area contributed by atoms with Crippen molar-refractivity contribution in [1.82, 2.24) is 10.2 Å². The standard InChI is InChI=1S/C31H39N3O4S/c1-6-26-14-9-10-15-29(26)34(39(37,38)27-18-16-23(4)17-19-27)22-30(35)33(28(7-2)31(36)32-8-3)21-25-13-11-12-24(5)20-25/h9-20,28H,6-8,21-22H2,1-5H3,(H,32,36)/t28-/m1/s1. The quantitative estimate of drug-likeness (QED) is 0.344. The fraction of sp³-hybridized carbons (Fsp3) is 0.355. The zero-order valence-electron chi connectivity index (χ0n) is 23.5. The van der Waals surface area contributed by atoms with Crippen LogP contribution in [-0.2, 0) is 32.6 Å². The third-order valence-corrected chi connectivity index (χ3v) is 8.48. The molecule has 0 aliphatic heterocycles. The molecule has 0 heterocycles. The number of rotatable bonds is 12. The summed E-state index contributed by atoms with van der Waals surface area (Å²) >= 11 is 0. The number of benzene rings is 3. The van der Waals surface area contributed by atoms with Gasteiger partial charge in [-0.2, -0.15) is 0 Å². The Morgan fingerprint density at radius 3 is 2.18 bits per heavy atom. The lowest BCUT2D eigenvalue weighted by Crippen LogP contribution is -2.52. The summed E-state index contributed by atoms with van der Waals surface area (Å²) in [5.74, 6) is -0.709. The van der Waals surface area contributed by atoms with Crippen molar-refractivity contribution < 1.29 is 18.0 Å². The molecule has 3 aromatic carbocycles. The fourth-order valence-corrected chi connectivity index (χ4v) is 6.07. The molecule has 0 unspecified atom stereocenters. The highest BCUT2D eigenvalue weighted by Gasteiger charge is 2.34. The lowest BCUT2D eigenvalue weighted by atomic mass is 10.1. The number of sulfonamides is 1. The summed E-state index contributed by atoms with van der Waals surface area (Å²) < 4.78 is 29.2. The predicted molar refractivity (Wildman–Crippen MR) is 156 cm³/mol. The summed E-state index contributed by atoms with van der Waals surface area (Å²) in [5.41, 5.74) is 4.10. The third kappa shape index (κ3) is 7.26. The van der Waals surface area contributed by atoms with Gasteiger partial charge in [0.25, 0.3) is 10.0 Å². The summed E-state index contributed by atoms with van der Waals surface area (Å²) in [6, 6.07) is 20.8. The van der Waals surface area contributed by atoms with E-state index in [1.807, 2.05) is 71.0 Å². The van der Waals surface area contributed by atoms with Gasteiger partial charge in [0.2, 0.25) is 11.8 Å². The van der Waals surface area contributed by atoms with Gasteiger partial charge >= 0.3 is 0 Å². The Hall–Kier alpha value is -3.65. The van der Waals surface area contributed by atoms with E-state index >= 15 is 0 Å². The summed E-state index contributed by atoms with van der Waals surface area (Å²) in [7, 11) is -4.09. The van der Waals surface area contributed by atoms with Gasteiger partial charge in [-0.15, -0.1) is 0 Å². The highest BCUT2D eigenvalue weighted by Crippen LogP contribution is 2.28. The normalized spacial score (nSPS) is 12.0. The number of anilines is 1. The van der Waals surface area contributed by atoms with Crippen LogP contribution in [0.2, 0.25) is 0 Å². The molecule has 0 bridgehead atoms. The number of hydrogen-bond acceptors (Lipinski definition) is 4. The van der Waals surface area contributed by atoms with Crippen molar-refractivity contribution >= 4 is 27.5 Å². The number of para-hydroxylation sites is 1. The predicted octanol–water partition coefficient (Wildman–Crippen LogP) is 5.00. The van der Waals surface area contributed by atoms with Crippen LogP contribution in [0.1, 0.15) is 49.4 Å². The van der Waals surface area contributed by atoms with Gasteiger partial charge in [0.1, 0.15) is 12.6 Å². The molecule has 7 nitrogen and oxygen atoms in total. The Morgan fingerprint density at radius 2 is 1.56 bits per heavy atom. The Balaban J connectivity index is 2.10. The largest absolute Gasteiger partial charge is 0.355 e. The zero-order valence-corrected chi connectivity index (χ0v) is 24.3. The first-order valence-electron chi connectivity index (χ1n) is 13.4. The maximum absolute atomic E-state index is 14.1. The van der Waals surface area contributed by atoms with E-state index in [0.29, 0.717) is 25.1 Å². The second-order valence-electron chi connectivity index (χ2n) is 9.64. The van der Waals surface area contributed by atoms with E-state index in [0.717, 1.165) is 22.3 Å². The lowest BCUT2D eigenvalue weighted by molar-refractivity contribution is -0.140. The van der Waals surface area contributed by atoms with E-state index in [-0.39, 0.29) is 17.3 Å². The molecule has 0 aromatic heterocycles. The average molecular weight is 550 g/mol. The minimum absolute atomic E-state index is 0.104. The smallest absolute Gasteiger partial charge is 0.264 e. The van der Waals surface area contributed by atoms with E-state index in [1.165, 1.54) is 9.21 Å². The van der Waals surface area contributed by atoms with Crippen molar-refractivity contribution in [3.05, 3.63) is 95.1 Å². The van der Waals surface area contributed by atoms with Crippen molar-refractivity contribution in [3.8, 4) is 0 Å². The number of carbonyl (C=O) groups excluding carboxylic acids is 2. The van der Waals surface area contributed by atoms with Gasteiger partial charge in [0.15, 0.2) is 0 Å². The molecule has 3 rings (SSSR count). The molecule has 3 aromatic rings. The molecule has 208 valence electrons. The molecule has 0 aliphatic carbocycles. The van der Waals surface area contributed by atoms with Crippen molar-refractivity contribution in [3.63, 3.8) is 0 Å². The maximum Gasteiger partial charge on any atom is 0.264 e. The molecular formula is C31H39N3O4S. The second-order valence-corrected chi connectivity index (χ2v) is 11.5. The van der Waals surface area contributed by atoms with E-state index in [1.54, 1.807) is 36.4 Å². The van der Waals surface area contributed by atoms with Gasteiger partial charge in [-0.3, -0.25) is 13.9 Å². The molecule has 0 spiro atoms. The fourth-order valence-electron chi connectivity index (χ4n) is 4.62. The number of hydrogen-bond donors (Lipinski definition) is 1. The molecule has 8 heteroatoms. The summed E-state index contributed by atoms with van der Waals surface area (Å²) in [6.45, 7) is 9.66. The van der Waals surface area contributed by atoms with E-state index < -0.39 is 28.5 Å². The summed E-state index contributed by atoms with van der Waals surface area (Å²) in [4.78, 5) is 28.8. The van der Waals surface area contributed by atoms with Crippen molar-refractivity contribution in [2.45, 2.75) is 64.9 Å². The van der Waals surface area contributed by atoms with E-state index in [2.05, 4.69) is 5.32 Å². The average Bonchev–Trinajstić information content (AvgIpc) is 2.91. The van der Waals surface area contributed by atoms with Gasteiger partial charge in [-0.25, -0.2) is 8.42 Å². The van der Waals surface area contributed by atoms with Gasteiger partial charge < -0.3 is 10.2 Å². The number of aryl methyl sites for hydroxylation is 3. The number of nitrogens with one attached hydrogen (secondary N) is 1. The Kier molecular flexibility index (Phi) is 10.3. The highest BCUT2D eigenvalue weighted by atomic mass is 32.2. The maximum atomic E-state index is 14.1. The molecule has 0 saturated heterocycles. The lowest BCUT2D eigenvalue weighted by Gasteiger charge is -2.33. The Labute approximate surface area is 232 Å². The molecule has 1 atom stereocenters. The van der Waals surface area contributed by atoms with Crippen LogP contribution in [0.15, 0.2) is 77.7 Å². The Morgan fingerprint density at radius 1 is 0.872 bits per heavy atom. The molecule has 0 fully saturated rings. The van der Waals surface area contributed by atoms with Crippen LogP contribution in [0.25, 0.3) is 0 Å². The van der Waals surface area contributed by atoms with Crippen LogP contribution in [0.3, 0.4) is 0 Å². The van der Waals surface area contributed by atoms with Gasteiger partial charge in [0.05, 0.1) is 10.6 Å². The molecule has 0 radical (unpaired) electrons. The van der Waals surface area contributed by atoms with Gasteiger partial charge in [-0.05, 0) is 62.9 Å². The van der Waals surface area contributed by atoms with Crippen LogP contribution in [0, 0.1) is 13.8 Å². The summed E-state index contributed by atoms with van der Waals surface area (Å²) in [6.07, 6.45) is 0.980. The molecule has 0 aliphatic rings. The Bertz CT molecular complexity index is 1390. The number of likely N-dealkylation sites (N-methyl/N-ethyl adjacent to an activating group) is 1. The molecule has 1 N–H and O–H groups in total. The monoisotopic (exact) mass is 549 g/mol. The first kappa shape index (κ1) is 29.9. The van der Waals surface area contributed by atoms with Crippen molar-refractivity contribution in [2.75, 3.05) is 17.4 Å². The van der Waals surface area contributed by atoms with Gasteiger partial charge in [-0.1, -0.05) is 79.6 Å². The first-order valence-corrected chi connectivity index (χ1v) is 14.9. The van der Waals surface area contributed by atoms with Crippen LogP contribution in [-0.4, -0.2) is 44.3 Å². The van der Waals surface area contributed by atoms with Crippen LogP contribution >= 0.6 is 0 Å². The van der Waals surface area contributed by atoms with E-state index in [9.17, 15) is 18.0 Å². The molecular weight excluding hydrogens is 510 g/mol. The number of nitrogens with zero attached hydrogens (tertiary/aromatic N) is 2. The molecule has 0 saturated carbocycles. The molecule has 39 heavy (non-hydrogen) atoms. The van der Waals surface area contributed by atoms with Gasteiger partial charge in [0, 0.05) is 13.1 Å². The molecule has 2 amide bonds. The van der Waals surface area contributed by atoms with Crippen molar-refractivity contribution in [1.29, 1.82) is 0 Å².